The number of likely N-dealkylation sites (tertiary alicyclic amines) is 1. The van der Waals surface area contributed by atoms with Gasteiger partial charge in [0.15, 0.2) is 0 Å². The van der Waals surface area contributed by atoms with Gasteiger partial charge >= 0.3 is 0 Å². The highest BCUT2D eigenvalue weighted by Crippen LogP contribution is 2.27. The lowest BCUT2D eigenvalue weighted by molar-refractivity contribution is -0.132. The molecule has 1 saturated carbocycles. The van der Waals surface area contributed by atoms with E-state index >= 15 is 0 Å². The molecule has 2 aromatic rings. The van der Waals surface area contributed by atoms with Gasteiger partial charge in [-0.15, -0.1) is 0 Å². The van der Waals surface area contributed by atoms with Gasteiger partial charge in [-0.05, 0) is 44.2 Å². The average molecular weight is 514 g/mol. The lowest BCUT2D eigenvalue weighted by Crippen LogP contribution is -2.42. The first-order valence-corrected chi connectivity index (χ1v) is 13.7. The molecule has 4 rings (SSSR count). The van der Waals surface area contributed by atoms with E-state index in [0.29, 0.717) is 30.0 Å². The number of hydrogen-bond acceptors (Lipinski definition) is 8. The van der Waals surface area contributed by atoms with Crippen molar-refractivity contribution in [2.24, 2.45) is 0 Å². The van der Waals surface area contributed by atoms with Gasteiger partial charge in [-0.1, -0.05) is 45.1 Å². The molecule has 202 valence electrons. The maximum Gasteiger partial charge on any atom is 0.261 e. The van der Waals surface area contributed by atoms with E-state index in [4.69, 9.17) is 9.82 Å². The molecular formula is C27H40FN7O2. The maximum atomic E-state index is 14.0. The molecule has 2 N–H and O–H groups in total. The minimum absolute atomic E-state index is 0.140. The van der Waals surface area contributed by atoms with Crippen molar-refractivity contribution < 1.29 is 14.0 Å². The van der Waals surface area contributed by atoms with Gasteiger partial charge in [0.1, 0.15) is 5.82 Å². The summed E-state index contributed by atoms with van der Waals surface area (Å²) in [4.78, 5) is 33.9. The highest BCUT2D eigenvalue weighted by atomic mass is 19.1. The number of carbonyl (C=O) groups excluding carboxylic acids is 1. The lowest BCUT2D eigenvalue weighted by atomic mass is 10.0. The number of aromatic nitrogens is 3. The molecule has 1 aromatic heterocycles. The topological polar surface area (TPSA) is 95.5 Å². The van der Waals surface area contributed by atoms with E-state index in [1.54, 1.807) is 12.1 Å². The molecule has 10 heteroatoms. The molecule has 1 aliphatic carbocycles. The highest BCUT2D eigenvalue weighted by Gasteiger charge is 2.24. The molecule has 2 aliphatic rings. The molecule has 0 spiro atoms. The third-order valence-corrected chi connectivity index (χ3v) is 7.14. The molecule has 2 heterocycles. The minimum atomic E-state index is -0.371. The van der Waals surface area contributed by atoms with Crippen LogP contribution in [-0.2, 0) is 9.63 Å². The first kappa shape index (κ1) is 27.0. The van der Waals surface area contributed by atoms with Gasteiger partial charge in [-0.25, -0.2) is 4.39 Å². The summed E-state index contributed by atoms with van der Waals surface area (Å²) < 4.78 is 14.0. The standard InChI is InChI=1S/C27H40FN7O2/c1-3-4-14-24(36)34-17-15-22(16-18-34)30-26-31-25(29-21-11-7-5-6-8-12-21)32-27(33-26)35(37-2)23-13-9-10-20(28)19-23/h9-10,13,19,21-22H,3-8,11-12,14-18H2,1-2H3,(H2,29,30,31,32,33). The summed E-state index contributed by atoms with van der Waals surface area (Å²) in [6.07, 6.45) is 11.2. The molecular weight excluding hydrogens is 473 g/mol. The van der Waals surface area contributed by atoms with Crippen LogP contribution < -0.4 is 15.7 Å². The monoisotopic (exact) mass is 513 g/mol. The van der Waals surface area contributed by atoms with Gasteiger partial charge < -0.3 is 15.5 Å². The molecule has 0 radical (unpaired) electrons. The number of piperidine rings is 1. The van der Waals surface area contributed by atoms with Crippen LogP contribution in [0.2, 0.25) is 0 Å². The average Bonchev–Trinajstić information content (AvgIpc) is 3.17. The predicted octanol–water partition coefficient (Wildman–Crippen LogP) is 5.44. The number of anilines is 4. The van der Waals surface area contributed by atoms with Crippen LogP contribution in [0.1, 0.15) is 77.6 Å². The van der Waals surface area contributed by atoms with Crippen molar-refractivity contribution in [3.05, 3.63) is 30.1 Å². The fourth-order valence-corrected chi connectivity index (χ4v) is 5.04. The molecule has 1 aromatic carbocycles. The van der Waals surface area contributed by atoms with Crippen LogP contribution in [0.5, 0.6) is 0 Å². The van der Waals surface area contributed by atoms with E-state index < -0.39 is 0 Å². The minimum Gasteiger partial charge on any atom is -0.351 e. The number of unbranched alkanes of at least 4 members (excludes halogenated alkanes) is 1. The SMILES string of the molecule is CCCCC(=O)N1CCC(Nc2nc(NC3CCCCCC3)nc(N(OC)c3cccc(F)c3)n2)CC1. The quantitative estimate of drug-likeness (QED) is 0.320. The van der Waals surface area contributed by atoms with Crippen LogP contribution in [0.4, 0.5) is 27.9 Å². The number of halogens is 1. The second-order valence-corrected chi connectivity index (χ2v) is 9.98. The van der Waals surface area contributed by atoms with E-state index in [9.17, 15) is 9.18 Å². The summed E-state index contributed by atoms with van der Waals surface area (Å²) in [6.45, 7) is 3.54. The molecule has 37 heavy (non-hydrogen) atoms. The van der Waals surface area contributed by atoms with Crippen molar-refractivity contribution in [3.63, 3.8) is 0 Å². The zero-order valence-corrected chi connectivity index (χ0v) is 22.1. The summed E-state index contributed by atoms with van der Waals surface area (Å²) in [7, 11) is 1.51. The number of nitrogens with zero attached hydrogens (tertiary/aromatic N) is 5. The van der Waals surface area contributed by atoms with Crippen molar-refractivity contribution in [3.8, 4) is 0 Å². The second kappa shape index (κ2) is 13.5. The van der Waals surface area contributed by atoms with E-state index in [-0.39, 0.29) is 23.7 Å². The lowest BCUT2D eigenvalue weighted by Gasteiger charge is -2.32. The smallest absolute Gasteiger partial charge is 0.261 e. The van der Waals surface area contributed by atoms with Crippen LogP contribution in [0.25, 0.3) is 0 Å². The summed E-state index contributed by atoms with van der Waals surface area (Å²) in [5.74, 6) is 1.06. The van der Waals surface area contributed by atoms with Gasteiger partial charge in [0, 0.05) is 37.7 Å². The Morgan fingerprint density at radius 1 is 1.03 bits per heavy atom. The molecule has 2 fully saturated rings. The Labute approximate surface area is 219 Å². The Balaban J connectivity index is 1.52. The Kier molecular flexibility index (Phi) is 9.87. The van der Waals surface area contributed by atoms with Gasteiger partial charge in [-0.2, -0.15) is 20.0 Å². The summed E-state index contributed by atoms with van der Waals surface area (Å²) in [5.41, 5.74) is 0.485. The number of carbonyl (C=O) groups is 1. The van der Waals surface area contributed by atoms with Crippen LogP contribution in [0.3, 0.4) is 0 Å². The van der Waals surface area contributed by atoms with E-state index in [0.717, 1.165) is 51.6 Å². The van der Waals surface area contributed by atoms with Gasteiger partial charge in [-0.3, -0.25) is 9.63 Å². The first-order valence-electron chi connectivity index (χ1n) is 13.7. The maximum absolute atomic E-state index is 14.0. The van der Waals surface area contributed by atoms with Gasteiger partial charge in [0.05, 0.1) is 12.8 Å². The second-order valence-electron chi connectivity index (χ2n) is 9.98. The van der Waals surface area contributed by atoms with Crippen molar-refractivity contribution in [2.75, 3.05) is 35.9 Å². The zero-order chi connectivity index (χ0) is 26.0. The third-order valence-electron chi connectivity index (χ3n) is 7.14. The summed E-state index contributed by atoms with van der Waals surface area (Å²) >= 11 is 0. The van der Waals surface area contributed by atoms with Crippen molar-refractivity contribution in [1.29, 1.82) is 0 Å². The largest absolute Gasteiger partial charge is 0.351 e. The van der Waals surface area contributed by atoms with Gasteiger partial charge in [0.25, 0.3) is 5.95 Å². The van der Waals surface area contributed by atoms with Gasteiger partial charge in [0.2, 0.25) is 17.8 Å². The Hall–Kier alpha value is -3.01. The number of amides is 1. The highest BCUT2D eigenvalue weighted by molar-refractivity contribution is 5.76. The number of rotatable bonds is 10. The van der Waals surface area contributed by atoms with Crippen molar-refractivity contribution in [1.82, 2.24) is 19.9 Å². The summed E-state index contributed by atoms with van der Waals surface area (Å²) in [5, 5.41) is 8.38. The van der Waals surface area contributed by atoms with Crippen LogP contribution in [0, 0.1) is 5.82 Å². The van der Waals surface area contributed by atoms with E-state index in [2.05, 4.69) is 27.5 Å². The fraction of sp³-hybridized carbons (Fsp3) is 0.630. The van der Waals surface area contributed by atoms with Crippen molar-refractivity contribution in [2.45, 2.75) is 89.6 Å². The molecule has 0 bridgehead atoms. The third kappa shape index (κ3) is 7.74. The van der Waals surface area contributed by atoms with Crippen LogP contribution in [-0.4, -0.2) is 58.0 Å². The Morgan fingerprint density at radius 2 is 1.68 bits per heavy atom. The first-order chi connectivity index (χ1) is 18.1. The molecule has 0 atom stereocenters. The molecule has 9 nitrogen and oxygen atoms in total. The molecule has 1 amide bonds. The van der Waals surface area contributed by atoms with Crippen LogP contribution in [0.15, 0.2) is 24.3 Å². The fourth-order valence-electron chi connectivity index (χ4n) is 5.04. The van der Waals surface area contributed by atoms with E-state index in [1.807, 2.05) is 4.90 Å². The van der Waals surface area contributed by atoms with Crippen molar-refractivity contribution >= 4 is 29.4 Å². The Bertz CT molecular complexity index is 1010. The number of hydrogen-bond donors (Lipinski definition) is 2. The number of nitrogens with one attached hydrogen (secondary N) is 2. The molecule has 0 unspecified atom stereocenters. The summed E-state index contributed by atoms with van der Waals surface area (Å²) in [6, 6.07) is 6.57. The normalized spacial score (nSPS) is 17.3. The molecule has 1 aliphatic heterocycles. The van der Waals surface area contributed by atoms with Crippen LogP contribution >= 0.6 is 0 Å². The van der Waals surface area contributed by atoms with E-state index in [1.165, 1.54) is 50.0 Å². The Morgan fingerprint density at radius 3 is 2.27 bits per heavy atom. The number of benzene rings is 1. The molecule has 1 saturated heterocycles. The zero-order valence-electron chi connectivity index (χ0n) is 22.1. The predicted molar refractivity (Wildman–Crippen MR) is 143 cm³/mol.